The van der Waals surface area contributed by atoms with Gasteiger partial charge in [-0.25, -0.2) is 0 Å². The number of fused-ring (bicyclic) bond motifs is 4. The van der Waals surface area contributed by atoms with Crippen LogP contribution >= 0.6 is 11.9 Å². The zero-order chi connectivity index (χ0) is 42.8. The van der Waals surface area contributed by atoms with Crippen molar-refractivity contribution in [3.63, 3.8) is 0 Å². The summed E-state index contributed by atoms with van der Waals surface area (Å²) in [4.78, 5) is 60.1. The molecule has 0 radical (unpaired) electrons. The lowest BCUT2D eigenvalue weighted by Gasteiger charge is -2.55. The highest BCUT2D eigenvalue weighted by atomic mass is 32.2. The monoisotopic (exact) mass is 871 g/mol. The van der Waals surface area contributed by atoms with Crippen LogP contribution in [0.5, 0.6) is 11.5 Å². The fourth-order valence-corrected chi connectivity index (χ4v) is 11.4. The van der Waals surface area contributed by atoms with Gasteiger partial charge < -0.3 is 33.4 Å². The Morgan fingerprint density at radius 3 is 2.54 bits per heavy atom. The van der Waals surface area contributed by atoms with Gasteiger partial charge in [0.15, 0.2) is 17.2 Å². The first-order chi connectivity index (χ1) is 30.7. The number of benzene rings is 3. The van der Waals surface area contributed by atoms with Gasteiger partial charge in [-0.3, -0.25) is 34.1 Å². The number of hydrogen-bond donors (Lipinski definition) is 2. The third kappa shape index (κ3) is 7.14. The average molecular weight is 872 g/mol. The van der Waals surface area contributed by atoms with E-state index < -0.39 is 23.8 Å². The van der Waals surface area contributed by atoms with Crippen LogP contribution in [0.3, 0.4) is 0 Å². The molecule has 4 saturated heterocycles. The van der Waals surface area contributed by atoms with Gasteiger partial charge in [0.25, 0.3) is 11.8 Å². The smallest absolute Gasteiger partial charge is 0.262 e. The number of likely N-dealkylation sites (tertiary alicyclic amines) is 1. The van der Waals surface area contributed by atoms with Crippen molar-refractivity contribution in [3.8, 4) is 11.5 Å². The molecule has 6 aliphatic rings. The zero-order valence-corrected chi connectivity index (χ0v) is 36.0. The minimum atomic E-state index is -0.962. The molecule has 6 aliphatic heterocycles. The second kappa shape index (κ2) is 15.9. The fourth-order valence-electron chi connectivity index (χ4n) is 10.6. The molecule has 5 aromatic rings. The van der Waals surface area contributed by atoms with E-state index in [0.29, 0.717) is 47.0 Å². The Bertz CT molecular complexity index is 2630. The number of hydrogen-bond acceptors (Lipinski definition) is 14. The van der Waals surface area contributed by atoms with E-state index in [1.165, 1.54) is 30.4 Å². The van der Waals surface area contributed by atoms with Crippen molar-refractivity contribution in [1.29, 1.82) is 0 Å². The van der Waals surface area contributed by atoms with Crippen LogP contribution in [0.1, 0.15) is 70.4 Å². The predicted octanol–water partition coefficient (Wildman–Crippen LogP) is 5.36. The number of nitrogens with one attached hydrogen (secondary N) is 2. The second-order valence-corrected chi connectivity index (χ2v) is 18.7. The molecular weight excluding hydrogens is 823 g/mol. The highest BCUT2D eigenvalue weighted by Crippen LogP contribution is 2.48. The Morgan fingerprint density at radius 1 is 0.937 bits per heavy atom. The number of imide groups is 2. The average Bonchev–Trinajstić information content (AvgIpc) is 4.11. The summed E-state index contributed by atoms with van der Waals surface area (Å²) in [5.74, 6) is 0.985. The molecule has 17 heteroatoms. The van der Waals surface area contributed by atoms with Crippen LogP contribution in [-0.2, 0) is 22.6 Å². The van der Waals surface area contributed by atoms with Gasteiger partial charge in [0, 0.05) is 74.6 Å². The van der Waals surface area contributed by atoms with Crippen LogP contribution in [0.15, 0.2) is 70.3 Å². The van der Waals surface area contributed by atoms with Gasteiger partial charge in [-0.15, -0.1) is 0 Å². The molecule has 2 N–H and O–H groups in total. The van der Waals surface area contributed by atoms with Gasteiger partial charge in [-0.05, 0) is 111 Å². The van der Waals surface area contributed by atoms with Crippen LogP contribution in [0, 0.1) is 11.3 Å². The lowest BCUT2D eigenvalue weighted by atomic mass is 9.71. The number of aromatic nitrogens is 3. The highest BCUT2D eigenvalue weighted by Gasteiger charge is 2.47. The Balaban J connectivity index is 0.669. The maximum Gasteiger partial charge on any atom is 0.262 e. The number of rotatable bonds is 11. The van der Waals surface area contributed by atoms with E-state index in [0.717, 1.165) is 109 Å². The topological polar surface area (TPSA) is 168 Å². The lowest BCUT2D eigenvalue weighted by molar-refractivity contribution is -0.136. The summed E-state index contributed by atoms with van der Waals surface area (Å²) in [6.07, 6.45) is 9.28. The summed E-state index contributed by atoms with van der Waals surface area (Å²) in [7, 11) is 1.74. The molecule has 0 bridgehead atoms. The van der Waals surface area contributed by atoms with Crippen molar-refractivity contribution >= 4 is 63.7 Å². The van der Waals surface area contributed by atoms with Gasteiger partial charge in [-0.2, -0.15) is 5.10 Å². The van der Waals surface area contributed by atoms with Crippen molar-refractivity contribution in [2.45, 2.75) is 62.4 Å². The first kappa shape index (κ1) is 39.8. The van der Waals surface area contributed by atoms with Crippen LogP contribution in [-0.4, -0.2) is 114 Å². The molecule has 63 heavy (non-hydrogen) atoms. The fraction of sp³-hybridized carbons (Fsp3) is 0.435. The molecule has 2 aromatic heterocycles. The number of piperidine rings is 3. The van der Waals surface area contributed by atoms with Gasteiger partial charge >= 0.3 is 0 Å². The van der Waals surface area contributed by atoms with Crippen molar-refractivity contribution < 1.29 is 33.2 Å². The molecule has 4 fully saturated rings. The number of para-hydroxylation sites is 1. The summed E-state index contributed by atoms with van der Waals surface area (Å²) in [6, 6.07) is 14.7. The van der Waals surface area contributed by atoms with Gasteiger partial charge in [-0.1, -0.05) is 11.2 Å². The third-order valence-corrected chi connectivity index (χ3v) is 14.9. The number of methoxy groups -OCH3 is 1. The van der Waals surface area contributed by atoms with Crippen LogP contribution in [0.2, 0.25) is 0 Å². The molecular formula is C46H49N9O7S. The SMILES string of the molecule is COc1c(SNc2noc3cc(Cn4cccn4)c4c(c23)OCC4)cccc1N1CC2(CCN(CC3CCN(c4ccc5c(c4)C(=O)N(C4CCC(=O)NC4=O)C5=O)CC3)CC2)C1. The summed E-state index contributed by atoms with van der Waals surface area (Å²) in [5.41, 5.74) is 5.95. The molecule has 0 saturated carbocycles. The Morgan fingerprint density at radius 2 is 1.76 bits per heavy atom. The minimum absolute atomic E-state index is 0.101. The zero-order valence-electron chi connectivity index (χ0n) is 35.1. The predicted molar refractivity (Wildman–Crippen MR) is 235 cm³/mol. The maximum atomic E-state index is 13.4. The summed E-state index contributed by atoms with van der Waals surface area (Å²) in [6.45, 7) is 8.32. The second-order valence-electron chi connectivity index (χ2n) is 17.8. The number of amides is 4. The number of carbonyl (C=O) groups is 4. The number of nitrogens with zero attached hydrogens (tertiary/aromatic N) is 7. The van der Waals surface area contributed by atoms with E-state index in [1.807, 2.05) is 23.0 Å². The van der Waals surface area contributed by atoms with E-state index in [1.54, 1.807) is 25.4 Å². The Kier molecular flexibility index (Phi) is 10.1. The summed E-state index contributed by atoms with van der Waals surface area (Å²) >= 11 is 1.46. The number of ether oxygens (including phenoxy) is 2. The lowest BCUT2D eigenvalue weighted by Crippen LogP contribution is -2.60. The number of carbonyl (C=O) groups excluding carboxylic acids is 4. The maximum absolute atomic E-state index is 13.4. The molecule has 3 aromatic carbocycles. The molecule has 1 spiro atoms. The van der Waals surface area contributed by atoms with Gasteiger partial charge in [0.1, 0.15) is 17.2 Å². The molecule has 1 unspecified atom stereocenters. The van der Waals surface area contributed by atoms with Gasteiger partial charge in [0.2, 0.25) is 11.8 Å². The standard InChI is InChI=1S/C46H49N9O7S/c1-60-41-34(4-2-5-37(41)63-50-42-39-36(62-49-42)22-29(25-54-16-3-15-47-54)31-12-21-61-40(31)39)53-26-46(27-53)13-19-51(20-14-46)24-28-10-17-52(18-11-28)30-6-7-32-33(23-30)45(59)55(44(32)58)35-8-9-38(56)48-43(35)57/h2-7,15-16,22-23,28,35H,8-14,17-21,24-27H2,1H3,(H,49,50)(H,48,56,57). The molecule has 16 nitrogen and oxygen atoms in total. The first-order valence-corrected chi connectivity index (χ1v) is 22.8. The van der Waals surface area contributed by atoms with Crippen LogP contribution in [0.4, 0.5) is 17.2 Å². The Labute approximate surface area is 368 Å². The van der Waals surface area contributed by atoms with E-state index in [4.69, 9.17) is 14.0 Å². The van der Waals surface area contributed by atoms with Crippen molar-refractivity contribution in [3.05, 3.63) is 83.2 Å². The Hall–Kier alpha value is -6.07. The summed E-state index contributed by atoms with van der Waals surface area (Å²) < 4.78 is 23.4. The quantitative estimate of drug-likeness (QED) is 0.129. The van der Waals surface area contributed by atoms with E-state index in [2.05, 4.69) is 59.3 Å². The number of anilines is 3. The molecule has 326 valence electrons. The molecule has 4 amide bonds. The third-order valence-electron chi connectivity index (χ3n) is 14.1. The highest BCUT2D eigenvalue weighted by molar-refractivity contribution is 8.00. The van der Waals surface area contributed by atoms with Crippen molar-refractivity contribution in [2.24, 2.45) is 11.3 Å². The van der Waals surface area contributed by atoms with Crippen molar-refractivity contribution in [1.82, 2.24) is 30.1 Å². The van der Waals surface area contributed by atoms with E-state index in [9.17, 15) is 19.2 Å². The molecule has 0 aliphatic carbocycles. The minimum Gasteiger partial charge on any atom is -0.493 e. The summed E-state index contributed by atoms with van der Waals surface area (Å²) in [5, 5.41) is 11.9. The first-order valence-electron chi connectivity index (χ1n) is 22.0. The van der Waals surface area contributed by atoms with Crippen molar-refractivity contribution in [2.75, 3.05) is 74.1 Å². The van der Waals surface area contributed by atoms with Crippen LogP contribution in [0.25, 0.3) is 11.0 Å². The molecule has 8 heterocycles. The molecule has 1 atom stereocenters. The van der Waals surface area contributed by atoms with Crippen LogP contribution < -0.4 is 29.3 Å². The normalized spacial score (nSPS) is 21.2. The molecule has 11 rings (SSSR count). The largest absolute Gasteiger partial charge is 0.493 e. The van der Waals surface area contributed by atoms with Gasteiger partial charge in [0.05, 0.1) is 42.0 Å². The van der Waals surface area contributed by atoms with E-state index in [-0.39, 0.29) is 18.7 Å². The van der Waals surface area contributed by atoms with E-state index >= 15 is 0 Å².